The molecule has 5 heteroatoms. The Hall–Kier alpha value is -4.48. The molecule has 0 bridgehead atoms. The summed E-state index contributed by atoms with van der Waals surface area (Å²) in [7, 11) is 0. The minimum Gasteiger partial charge on any atom is -0.366 e. The van der Waals surface area contributed by atoms with Gasteiger partial charge >= 0.3 is 0 Å². The molecule has 1 saturated heterocycles. The number of hydrogen-bond donors (Lipinski definition) is 0. The molecule has 39 heavy (non-hydrogen) atoms. The van der Waals surface area contributed by atoms with Crippen molar-refractivity contribution in [1.82, 2.24) is 19.1 Å². The van der Waals surface area contributed by atoms with Crippen molar-refractivity contribution in [3.63, 3.8) is 0 Å². The van der Waals surface area contributed by atoms with Crippen molar-refractivity contribution < 1.29 is 4.74 Å². The maximum atomic E-state index is 6.56. The van der Waals surface area contributed by atoms with Crippen molar-refractivity contribution in [2.75, 3.05) is 0 Å². The maximum Gasteiger partial charge on any atom is 0.0963 e. The second-order valence-corrected chi connectivity index (χ2v) is 10.9. The van der Waals surface area contributed by atoms with Gasteiger partial charge in [0.1, 0.15) is 0 Å². The molecule has 4 atom stereocenters. The van der Waals surface area contributed by atoms with Gasteiger partial charge in [-0.3, -0.25) is 9.97 Å². The van der Waals surface area contributed by atoms with Crippen molar-refractivity contribution in [3.05, 3.63) is 115 Å². The number of benzene rings is 1. The van der Waals surface area contributed by atoms with Gasteiger partial charge in [-0.25, -0.2) is 0 Å². The molecule has 5 aromatic rings. The third-order valence-corrected chi connectivity index (χ3v) is 8.80. The SMILES string of the molecule is C1=Cc2c(n(C3=CC4C(C=C3)OC3C=CC(n5c6ccccc6c6ncccc65)=CC34)c3cccnc23)CC1. The summed E-state index contributed by atoms with van der Waals surface area (Å²) in [4.78, 5) is 9.48. The van der Waals surface area contributed by atoms with E-state index in [0.29, 0.717) is 0 Å². The van der Waals surface area contributed by atoms with Gasteiger partial charge in [0, 0.05) is 52.3 Å². The van der Waals surface area contributed by atoms with Crippen LogP contribution in [0.4, 0.5) is 0 Å². The van der Waals surface area contributed by atoms with Crippen LogP contribution >= 0.6 is 0 Å². The predicted octanol–water partition coefficient (Wildman–Crippen LogP) is 7.02. The van der Waals surface area contributed by atoms with Gasteiger partial charge in [0.2, 0.25) is 0 Å². The normalized spacial score (nSPS) is 25.1. The molecule has 1 fully saturated rings. The standard InChI is InChI=1S/C34H26N4O/c1-3-9-27-23(7-1)33-29(11-5-17-35-33)37(27)21-13-15-31-25(19-21)26-20-22(14-16-32(26)39-31)38-28-10-4-2-8-24(28)34-30(38)12-6-18-36-34/h1-3,5-9,11-20,25-26,31-32H,4,10H2. The van der Waals surface area contributed by atoms with Gasteiger partial charge in [-0.1, -0.05) is 54.7 Å². The Morgan fingerprint density at radius 1 is 0.692 bits per heavy atom. The fourth-order valence-corrected chi connectivity index (χ4v) is 7.14. The van der Waals surface area contributed by atoms with Gasteiger partial charge in [-0.2, -0.15) is 0 Å². The van der Waals surface area contributed by atoms with Gasteiger partial charge in [0.25, 0.3) is 0 Å². The maximum absolute atomic E-state index is 6.56. The number of para-hydroxylation sites is 1. The van der Waals surface area contributed by atoms with Crippen LogP contribution in [0.2, 0.25) is 0 Å². The minimum atomic E-state index is 0.0649. The summed E-state index contributed by atoms with van der Waals surface area (Å²) in [6, 6.07) is 17.0. The summed E-state index contributed by atoms with van der Waals surface area (Å²) >= 11 is 0. The largest absolute Gasteiger partial charge is 0.366 e. The van der Waals surface area contributed by atoms with E-state index in [1.165, 1.54) is 39.1 Å². The molecule has 4 aliphatic rings. The lowest BCUT2D eigenvalue weighted by Crippen LogP contribution is -2.22. The van der Waals surface area contributed by atoms with E-state index in [1.807, 2.05) is 24.5 Å². The fraction of sp³-hybridized carbons (Fsp3) is 0.176. The molecule has 1 aliphatic heterocycles. The van der Waals surface area contributed by atoms with E-state index in [-0.39, 0.29) is 24.0 Å². The van der Waals surface area contributed by atoms with E-state index in [9.17, 15) is 0 Å². The minimum absolute atomic E-state index is 0.0649. The molecule has 5 nitrogen and oxygen atoms in total. The third-order valence-electron chi connectivity index (χ3n) is 8.80. The first-order valence-electron chi connectivity index (χ1n) is 13.8. The van der Waals surface area contributed by atoms with E-state index in [4.69, 9.17) is 14.7 Å². The highest BCUT2D eigenvalue weighted by molar-refractivity contribution is 6.08. The molecule has 0 N–H and O–H groups in total. The molecule has 0 radical (unpaired) electrons. The van der Waals surface area contributed by atoms with Crippen LogP contribution in [0, 0.1) is 11.8 Å². The van der Waals surface area contributed by atoms with E-state index >= 15 is 0 Å². The smallest absolute Gasteiger partial charge is 0.0963 e. The predicted molar refractivity (Wildman–Crippen MR) is 157 cm³/mol. The lowest BCUT2D eigenvalue weighted by molar-refractivity contribution is 0.0885. The van der Waals surface area contributed by atoms with E-state index < -0.39 is 0 Å². The quantitative estimate of drug-likeness (QED) is 0.258. The van der Waals surface area contributed by atoms with Crippen molar-refractivity contribution >= 4 is 50.4 Å². The average Bonchev–Trinajstić information content (AvgIpc) is 3.64. The van der Waals surface area contributed by atoms with Crippen LogP contribution in [0.5, 0.6) is 0 Å². The van der Waals surface area contributed by atoms with Crippen LogP contribution in [0.1, 0.15) is 17.7 Å². The topological polar surface area (TPSA) is 44.9 Å². The zero-order valence-corrected chi connectivity index (χ0v) is 21.3. The van der Waals surface area contributed by atoms with Gasteiger partial charge in [0.05, 0.1) is 39.8 Å². The van der Waals surface area contributed by atoms with Gasteiger partial charge in [-0.05, 0) is 55.3 Å². The van der Waals surface area contributed by atoms with Gasteiger partial charge in [0.15, 0.2) is 0 Å². The average molecular weight is 507 g/mol. The molecular formula is C34H26N4O. The van der Waals surface area contributed by atoms with Crippen LogP contribution in [0.25, 0.3) is 50.4 Å². The summed E-state index contributed by atoms with van der Waals surface area (Å²) in [5, 5.41) is 1.18. The number of ether oxygens (including phenoxy) is 1. The second-order valence-electron chi connectivity index (χ2n) is 10.9. The van der Waals surface area contributed by atoms with Gasteiger partial charge < -0.3 is 13.9 Å². The Morgan fingerprint density at radius 2 is 1.36 bits per heavy atom. The zero-order chi connectivity index (χ0) is 25.5. The van der Waals surface area contributed by atoms with Crippen molar-refractivity contribution in [2.45, 2.75) is 25.0 Å². The van der Waals surface area contributed by atoms with Crippen LogP contribution in [0.15, 0.2) is 103 Å². The van der Waals surface area contributed by atoms with Crippen molar-refractivity contribution in [3.8, 4) is 0 Å². The molecular weight excluding hydrogens is 480 g/mol. The Balaban J connectivity index is 1.18. The zero-order valence-electron chi connectivity index (χ0n) is 21.3. The first-order chi connectivity index (χ1) is 19.3. The van der Waals surface area contributed by atoms with Crippen molar-refractivity contribution in [1.29, 1.82) is 0 Å². The highest BCUT2D eigenvalue weighted by atomic mass is 16.5. The number of fused-ring (bicyclic) bond motifs is 9. The Bertz CT molecular complexity index is 1930. The molecule has 0 saturated carbocycles. The number of allylic oxidation sites excluding steroid dienone is 5. The summed E-state index contributed by atoms with van der Waals surface area (Å²) in [5.41, 5.74) is 10.6. The van der Waals surface area contributed by atoms with E-state index in [2.05, 4.69) is 94.1 Å². The van der Waals surface area contributed by atoms with Crippen LogP contribution in [-0.2, 0) is 11.2 Å². The highest BCUT2D eigenvalue weighted by Gasteiger charge is 2.43. The third kappa shape index (κ3) is 2.99. The lowest BCUT2D eigenvalue weighted by atomic mass is 9.81. The summed E-state index contributed by atoms with van der Waals surface area (Å²) < 4.78 is 11.3. The van der Waals surface area contributed by atoms with Crippen LogP contribution in [0.3, 0.4) is 0 Å². The number of hydrogen-bond acceptors (Lipinski definition) is 3. The number of rotatable bonds is 2. The molecule has 4 unspecified atom stereocenters. The highest BCUT2D eigenvalue weighted by Crippen LogP contribution is 2.45. The van der Waals surface area contributed by atoms with E-state index in [0.717, 1.165) is 29.4 Å². The molecule has 0 spiro atoms. The monoisotopic (exact) mass is 506 g/mol. The van der Waals surface area contributed by atoms with Crippen LogP contribution < -0.4 is 0 Å². The summed E-state index contributed by atoms with van der Waals surface area (Å²) in [6.07, 6.45) is 24.4. The number of aromatic nitrogens is 4. The molecule has 1 aromatic carbocycles. The molecule has 0 amide bonds. The molecule has 188 valence electrons. The number of nitrogens with zero attached hydrogens (tertiary/aromatic N) is 4. The fourth-order valence-electron chi connectivity index (χ4n) is 7.14. The van der Waals surface area contributed by atoms with Crippen molar-refractivity contribution in [2.24, 2.45) is 11.8 Å². The Kier molecular flexibility index (Phi) is 4.41. The molecule has 4 aromatic heterocycles. The van der Waals surface area contributed by atoms with Gasteiger partial charge in [-0.15, -0.1) is 0 Å². The summed E-state index contributed by atoms with van der Waals surface area (Å²) in [6.45, 7) is 0. The van der Waals surface area contributed by atoms with Crippen LogP contribution in [-0.4, -0.2) is 31.3 Å². The first-order valence-corrected chi connectivity index (χ1v) is 13.8. The summed E-state index contributed by atoms with van der Waals surface area (Å²) in [5.74, 6) is 0.503. The number of pyridine rings is 2. The molecule has 9 rings (SSSR count). The lowest BCUT2D eigenvalue weighted by Gasteiger charge is -2.25. The Labute approximate surface area is 225 Å². The van der Waals surface area contributed by atoms with E-state index in [1.54, 1.807) is 0 Å². The first kappa shape index (κ1) is 21.5. The second kappa shape index (κ2) is 8.01. The molecule has 5 heterocycles. The molecule has 3 aliphatic carbocycles. The Morgan fingerprint density at radius 3 is 2.15 bits per heavy atom.